The molecule has 0 radical (unpaired) electrons. The molecule has 0 bridgehead atoms. The highest BCUT2D eigenvalue weighted by atomic mass is 32.2. The van der Waals surface area contributed by atoms with Crippen molar-refractivity contribution in [1.29, 1.82) is 0 Å². The number of sulfonamides is 1. The van der Waals surface area contributed by atoms with E-state index in [4.69, 9.17) is 23.9 Å². The van der Waals surface area contributed by atoms with E-state index in [1.807, 2.05) is 39.0 Å². The van der Waals surface area contributed by atoms with E-state index in [1.54, 1.807) is 55.5 Å². The Hall–Kier alpha value is -5.92. The predicted molar refractivity (Wildman–Crippen MR) is 248 cm³/mol. The number of ether oxygens (including phenoxy) is 4. The Morgan fingerprint density at radius 2 is 1.65 bits per heavy atom. The molecule has 2 aliphatic heterocycles. The first-order valence-corrected chi connectivity index (χ1v) is 24.7. The fraction of sp³-hybridized carbons (Fsp3) is 0.551. The summed E-state index contributed by atoms with van der Waals surface area (Å²) in [4.78, 5) is 68.0. The summed E-state index contributed by atoms with van der Waals surface area (Å²) < 4.78 is 92.2. The van der Waals surface area contributed by atoms with Gasteiger partial charge in [0.2, 0.25) is 33.3 Å². The molecule has 0 spiro atoms. The SMILES string of the molecule is COc1cccc(-c2cc(O[C@@H]3C[C@H]4C(=O)N[C@]5(C(=O)NS(=O)(=O)C6(C)CC6)C[C@H]5/C=C\CC[C@H](C)C[C@@H](C)[C@H](NC(=O)OC(C)(C)C(F)(F)F)C(=O)N4C3)cc(-c3ccc(OC(C)C)cc3)n2)n1. The van der Waals surface area contributed by atoms with E-state index in [1.165, 1.54) is 18.9 Å². The van der Waals surface area contributed by atoms with Gasteiger partial charge in [-0.25, -0.2) is 23.2 Å². The Balaban J connectivity index is 1.26. The second kappa shape index (κ2) is 19.5. The molecule has 1 saturated heterocycles. The molecule has 3 fully saturated rings. The van der Waals surface area contributed by atoms with Crippen LogP contribution < -0.4 is 29.6 Å². The number of pyridine rings is 2. The van der Waals surface area contributed by atoms with Crippen LogP contribution in [0.2, 0.25) is 0 Å². The average Bonchev–Trinajstić information content (AvgIpc) is 4.16. The number of benzene rings is 1. The molecule has 1 aromatic carbocycles. The molecule has 3 aromatic rings. The average molecular weight is 983 g/mol. The molecule has 16 nitrogen and oxygen atoms in total. The number of rotatable bonds is 12. The Morgan fingerprint density at radius 3 is 2.30 bits per heavy atom. The van der Waals surface area contributed by atoms with Crippen molar-refractivity contribution in [3.05, 3.63) is 66.7 Å². The summed E-state index contributed by atoms with van der Waals surface area (Å²) in [6, 6.07) is 12.9. The zero-order valence-electron chi connectivity index (χ0n) is 40.0. The number of nitrogens with zero attached hydrogens (tertiary/aromatic N) is 3. The Morgan fingerprint density at radius 1 is 0.957 bits per heavy atom. The van der Waals surface area contributed by atoms with Crippen LogP contribution in [0.1, 0.15) is 93.4 Å². The van der Waals surface area contributed by atoms with Gasteiger partial charge in [0, 0.05) is 36.1 Å². The first-order valence-electron chi connectivity index (χ1n) is 23.2. The van der Waals surface area contributed by atoms with Gasteiger partial charge in [0.25, 0.3) is 5.91 Å². The molecule has 2 saturated carbocycles. The summed E-state index contributed by atoms with van der Waals surface area (Å²) in [5.74, 6) is -2.57. The van der Waals surface area contributed by atoms with Crippen molar-refractivity contribution in [2.75, 3.05) is 13.7 Å². The number of alkyl carbamates (subject to hydrolysis) is 1. The maximum atomic E-state index is 15.1. The van der Waals surface area contributed by atoms with Crippen molar-refractivity contribution in [3.8, 4) is 40.0 Å². The summed E-state index contributed by atoms with van der Waals surface area (Å²) in [6.45, 7) is 10.1. The van der Waals surface area contributed by atoms with Gasteiger partial charge in [0.15, 0.2) is 0 Å². The molecule has 7 atom stereocenters. The topological polar surface area (TPSA) is 204 Å². The maximum Gasteiger partial charge on any atom is 0.427 e. The number of carbonyl (C=O) groups is 4. The number of fused-ring (bicyclic) bond motifs is 2. The third-order valence-corrected chi connectivity index (χ3v) is 15.5. The van der Waals surface area contributed by atoms with Gasteiger partial charge in [-0.05, 0) is 115 Å². The van der Waals surface area contributed by atoms with Gasteiger partial charge in [-0.3, -0.25) is 19.1 Å². The highest BCUT2D eigenvalue weighted by Gasteiger charge is 2.63. The monoisotopic (exact) mass is 982 g/mol. The van der Waals surface area contributed by atoms with Crippen molar-refractivity contribution < 1.29 is 59.7 Å². The quantitative estimate of drug-likeness (QED) is 0.153. The number of methoxy groups -OCH3 is 1. The number of hydrogen-bond donors (Lipinski definition) is 3. The number of halogens is 3. The minimum absolute atomic E-state index is 0.0588. The first-order chi connectivity index (χ1) is 32.3. The Kier molecular flexibility index (Phi) is 14.4. The molecule has 69 heavy (non-hydrogen) atoms. The molecule has 7 rings (SSSR count). The number of hydrogen-bond acceptors (Lipinski definition) is 12. The third-order valence-electron chi connectivity index (χ3n) is 13.4. The van der Waals surface area contributed by atoms with Crippen molar-refractivity contribution in [3.63, 3.8) is 0 Å². The molecule has 2 aliphatic carbocycles. The van der Waals surface area contributed by atoms with Gasteiger partial charge in [-0.1, -0.05) is 32.1 Å². The molecule has 20 heteroatoms. The predicted octanol–water partition coefficient (Wildman–Crippen LogP) is 7.28. The molecule has 4 heterocycles. The lowest BCUT2D eigenvalue weighted by Crippen LogP contribution is -2.59. The number of carbonyl (C=O) groups excluding carboxylic acids is 4. The molecule has 4 aliphatic rings. The van der Waals surface area contributed by atoms with Crippen LogP contribution in [0.3, 0.4) is 0 Å². The fourth-order valence-corrected chi connectivity index (χ4v) is 10.0. The first kappa shape index (κ1) is 50.9. The highest BCUT2D eigenvalue weighted by molar-refractivity contribution is 7.91. The van der Waals surface area contributed by atoms with Crippen molar-refractivity contribution in [1.82, 2.24) is 30.2 Å². The van der Waals surface area contributed by atoms with Gasteiger partial charge in [0.1, 0.15) is 35.2 Å². The third kappa shape index (κ3) is 11.4. The minimum atomic E-state index is -4.94. The van der Waals surface area contributed by atoms with Crippen LogP contribution in [-0.4, -0.2) is 107 Å². The van der Waals surface area contributed by atoms with Gasteiger partial charge >= 0.3 is 12.3 Å². The van der Waals surface area contributed by atoms with Crippen molar-refractivity contribution in [2.24, 2.45) is 17.8 Å². The lowest BCUT2D eigenvalue weighted by atomic mass is 9.88. The fourth-order valence-electron chi connectivity index (χ4n) is 8.74. The molecule has 2 aromatic heterocycles. The van der Waals surface area contributed by atoms with Gasteiger partial charge < -0.3 is 34.5 Å². The zero-order chi connectivity index (χ0) is 50.3. The second-order valence-electron chi connectivity index (χ2n) is 19.8. The zero-order valence-corrected chi connectivity index (χ0v) is 40.8. The van der Waals surface area contributed by atoms with Crippen molar-refractivity contribution in [2.45, 2.75) is 140 Å². The number of nitrogens with one attached hydrogen (secondary N) is 3. The molecule has 3 N–H and O–H groups in total. The van der Waals surface area contributed by atoms with Gasteiger partial charge in [-0.15, -0.1) is 0 Å². The van der Waals surface area contributed by atoms with E-state index in [-0.39, 0.29) is 37.2 Å². The van der Waals surface area contributed by atoms with Crippen molar-refractivity contribution >= 4 is 33.8 Å². The number of amides is 4. The van der Waals surface area contributed by atoms with E-state index in [0.717, 1.165) is 0 Å². The number of aromatic nitrogens is 2. The van der Waals surface area contributed by atoms with Crippen LogP contribution in [0.5, 0.6) is 17.4 Å². The molecule has 4 amide bonds. The van der Waals surface area contributed by atoms with Gasteiger partial charge in [-0.2, -0.15) is 13.2 Å². The van der Waals surface area contributed by atoms with E-state index >= 15 is 4.79 Å². The van der Waals surface area contributed by atoms with E-state index in [9.17, 15) is 36.0 Å². The van der Waals surface area contributed by atoms with Crippen LogP contribution in [0.25, 0.3) is 22.6 Å². The smallest absolute Gasteiger partial charge is 0.427 e. The van der Waals surface area contributed by atoms with Crippen LogP contribution in [0.4, 0.5) is 18.0 Å². The van der Waals surface area contributed by atoms with Crippen LogP contribution in [0, 0.1) is 17.8 Å². The van der Waals surface area contributed by atoms with Gasteiger partial charge in [0.05, 0.1) is 41.6 Å². The lowest BCUT2D eigenvalue weighted by Gasteiger charge is -2.34. The van der Waals surface area contributed by atoms with Crippen LogP contribution in [0.15, 0.2) is 66.7 Å². The Bertz CT molecular complexity index is 2570. The largest absolute Gasteiger partial charge is 0.491 e. The summed E-state index contributed by atoms with van der Waals surface area (Å²) in [5.41, 5.74) is -2.58. The minimum Gasteiger partial charge on any atom is -0.491 e. The summed E-state index contributed by atoms with van der Waals surface area (Å²) in [6.07, 6.45) is -1.65. The number of allylic oxidation sites excluding steroid dienone is 1. The molecule has 0 unspecified atom stereocenters. The second-order valence-corrected chi connectivity index (χ2v) is 22.0. The lowest BCUT2D eigenvalue weighted by molar-refractivity contribution is -0.244. The van der Waals surface area contributed by atoms with E-state index in [2.05, 4.69) is 20.3 Å². The van der Waals surface area contributed by atoms with E-state index < -0.39 is 85.9 Å². The summed E-state index contributed by atoms with van der Waals surface area (Å²) in [7, 11) is -2.63. The van der Waals surface area contributed by atoms with E-state index in [0.29, 0.717) is 80.2 Å². The highest BCUT2D eigenvalue weighted by Crippen LogP contribution is 2.48. The normalized spacial score (nSPS) is 26.5. The molecular formula is C49H61F3N6O10S. The standard InChI is InChI=1S/C49H61F3N6O10S/c1-28(2)66-33-18-16-31(17-19-33)37-23-34(24-38(53-37)36-14-11-15-40(54-36)65-8)67-35-25-39-42(59)56-48(44(61)57-69(63,64)47(7)20-21-47)26-32(48)13-10-9-12-29(3)22-30(4)41(43(60)58(39)27-35)55-45(62)68-46(5,6)49(50,51)52/h10-11,13-19,23-24,28-30,32,35,39,41H,9,12,20-22,25-27H2,1-8H3,(H,55,62)(H,56,59)(H,57,61)/b13-10-/t29-,30+,32+,35+,39-,41-,48+/m0/s1. The maximum absolute atomic E-state index is 15.1. The van der Waals surface area contributed by atoms with Crippen LogP contribution >= 0.6 is 0 Å². The van der Waals surface area contributed by atoms with Crippen LogP contribution in [-0.2, 0) is 29.1 Å². The number of alkyl halides is 3. The Labute approximate surface area is 400 Å². The molecular weight excluding hydrogens is 922 g/mol. The molecule has 374 valence electrons. The summed E-state index contributed by atoms with van der Waals surface area (Å²) in [5, 5.41) is 5.24. The summed E-state index contributed by atoms with van der Waals surface area (Å²) >= 11 is 0.